The molecule has 0 bridgehead atoms. The molecule has 4 aromatic heterocycles. The molecule has 2 aliphatic carbocycles. The number of pyridine rings is 2. The molecule has 6 aromatic carbocycles. The first kappa shape index (κ1) is 32.5. The highest BCUT2D eigenvalue weighted by atomic mass is 16.3. The van der Waals surface area contributed by atoms with E-state index in [1.165, 1.54) is 21.9 Å². The number of furan rings is 1. The Morgan fingerprint density at radius 3 is 2.05 bits per heavy atom. The number of rotatable bonds is 5. The van der Waals surface area contributed by atoms with Crippen molar-refractivity contribution in [3.63, 3.8) is 0 Å². The van der Waals surface area contributed by atoms with Crippen molar-refractivity contribution in [3.8, 4) is 28.1 Å². The van der Waals surface area contributed by atoms with Crippen LogP contribution < -0.4 is 0 Å². The molecule has 0 N–H and O–H groups in total. The summed E-state index contributed by atoms with van der Waals surface area (Å²) in [6.45, 7) is 0. The van der Waals surface area contributed by atoms with E-state index in [1.54, 1.807) is 0 Å². The average molecular weight is 740 g/mol. The van der Waals surface area contributed by atoms with Crippen molar-refractivity contribution in [1.29, 1.82) is 0 Å². The summed E-state index contributed by atoms with van der Waals surface area (Å²) in [5.74, 6) is 0. The monoisotopic (exact) mass is 739 g/mol. The van der Waals surface area contributed by atoms with Crippen LogP contribution in [0.3, 0.4) is 0 Å². The molecule has 0 aliphatic heterocycles. The lowest BCUT2D eigenvalue weighted by atomic mass is 10.0. The Labute approximate surface area is 334 Å². The zero-order valence-electron chi connectivity index (χ0n) is 31.4. The molecule has 4 heteroatoms. The number of hydrogen-bond acceptors (Lipinski definition) is 3. The van der Waals surface area contributed by atoms with Crippen LogP contribution >= 0.6 is 0 Å². The lowest BCUT2D eigenvalue weighted by Gasteiger charge is -2.11. The molecule has 10 aromatic rings. The maximum absolute atomic E-state index is 6.96. The van der Waals surface area contributed by atoms with E-state index in [2.05, 4.69) is 180 Å². The molecule has 4 heterocycles. The number of para-hydroxylation sites is 1. The van der Waals surface area contributed by atoms with E-state index in [0.29, 0.717) is 0 Å². The van der Waals surface area contributed by atoms with Gasteiger partial charge in [0.2, 0.25) is 0 Å². The van der Waals surface area contributed by atoms with Gasteiger partial charge in [0.1, 0.15) is 5.58 Å². The van der Waals surface area contributed by atoms with Gasteiger partial charge in [-0.05, 0) is 101 Å². The second-order valence-electron chi connectivity index (χ2n) is 15.1. The van der Waals surface area contributed by atoms with Crippen LogP contribution in [0.1, 0.15) is 24.1 Å². The molecule has 58 heavy (non-hydrogen) atoms. The summed E-state index contributed by atoms with van der Waals surface area (Å²) in [6, 6.07) is 49.9. The Kier molecular flexibility index (Phi) is 7.24. The number of benzene rings is 6. The van der Waals surface area contributed by atoms with Gasteiger partial charge < -0.3 is 8.98 Å². The minimum Gasteiger partial charge on any atom is -0.454 e. The molecule has 2 aliphatic rings. The maximum atomic E-state index is 6.96. The van der Waals surface area contributed by atoms with Gasteiger partial charge in [0, 0.05) is 37.9 Å². The molecule has 270 valence electrons. The standard InChI is InChI=1S/C54H33N3O/c1-4-11-34(12-5-1)39-21-26-42-43-27-22-40(35-13-6-2-7-14-35)32-50(43)57(49(42)31-39)48-18-10-17-45-44-28-23-41(33-51(44)58-54(45)48)47-30-25-38-20-19-37-24-29-46(36-15-8-3-9-16-36)55-52(37)53(38)56-47/h1,3-6,8,10-15,17-33H,9,16H2. The van der Waals surface area contributed by atoms with E-state index in [-0.39, 0.29) is 0 Å². The Morgan fingerprint density at radius 2 is 1.28 bits per heavy atom. The van der Waals surface area contributed by atoms with Gasteiger partial charge in [-0.15, -0.1) is 0 Å². The molecule has 12 rings (SSSR count). The van der Waals surface area contributed by atoms with Crippen LogP contribution in [0.15, 0.2) is 192 Å². The molecule has 0 saturated carbocycles. The third kappa shape index (κ3) is 5.18. The van der Waals surface area contributed by atoms with Crippen molar-refractivity contribution in [2.75, 3.05) is 0 Å². The molecule has 0 fully saturated rings. The second-order valence-corrected chi connectivity index (χ2v) is 15.1. The smallest absolute Gasteiger partial charge is 0.159 e. The Bertz CT molecular complexity index is 3580. The van der Waals surface area contributed by atoms with Crippen molar-refractivity contribution >= 4 is 76.7 Å². The predicted octanol–water partition coefficient (Wildman–Crippen LogP) is 14.1. The Balaban J connectivity index is 1.04. The van der Waals surface area contributed by atoms with Crippen LogP contribution in [0.5, 0.6) is 0 Å². The highest BCUT2D eigenvalue weighted by molar-refractivity contribution is 6.14. The number of allylic oxidation sites excluding steroid dienone is 8. The van der Waals surface area contributed by atoms with Crippen molar-refractivity contribution < 1.29 is 4.42 Å². The lowest BCUT2D eigenvalue weighted by molar-refractivity contribution is 0.666. The fraction of sp³-hybridized carbons (Fsp3) is 0.0370. The van der Waals surface area contributed by atoms with E-state index in [4.69, 9.17) is 14.4 Å². The quantitative estimate of drug-likeness (QED) is 0.130. The number of aromatic nitrogens is 3. The summed E-state index contributed by atoms with van der Waals surface area (Å²) in [7, 11) is 0. The molecule has 0 unspecified atom stereocenters. The van der Waals surface area contributed by atoms with Crippen LogP contribution in [0.25, 0.3) is 105 Å². The third-order valence-corrected chi connectivity index (χ3v) is 11.7. The first-order valence-corrected chi connectivity index (χ1v) is 19.8. The van der Waals surface area contributed by atoms with Crippen LogP contribution in [-0.2, 0) is 0 Å². The van der Waals surface area contributed by atoms with E-state index < -0.39 is 0 Å². The summed E-state index contributed by atoms with van der Waals surface area (Å²) in [4.78, 5) is 10.4. The average Bonchev–Trinajstić information content (AvgIpc) is 3.84. The SMILES string of the molecule is C1=C=CC(c2ccc3c4ccc(-c5ccccc5)cc4n(-c4cccc5c4oc4cc(-c6ccc7ccc8ccc(C9=CC=CCC9)nc8c7n6)ccc45)c3c2)=CC=1. The molecule has 0 spiro atoms. The van der Waals surface area contributed by atoms with Crippen molar-refractivity contribution in [2.45, 2.75) is 12.8 Å². The summed E-state index contributed by atoms with van der Waals surface area (Å²) < 4.78 is 9.33. The lowest BCUT2D eigenvalue weighted by Crippen LogP contribution is -1.95. The van der Waals surface area contributed by atoms with E-state index in [0.717, 1.165) is 107 Å². The largest absolute Gasteiger partial charge is 0.454 e. The number of nitrogens with zero attached hydrogens (tertiary/aromatic N) is 3. The minimum absolute atomic E-state index is 0.819. The van der Waals surface area contributed by atoms with Gasteiger partial charge in [0.15, 0.2) is 5.58 Å². The Hall–Kier alpha value is -7.74. The highest BCUT2D eigenvalue weighted by Crippen LogP contribution is 2.41. The van der Waals surface area contributed by atoms with E-state index >= 15 is 0 Å². The summed E-state index contributed by atoms with van der Waals surface area (Å²) in [6.07, 6.45) is 14.5. The molecular formula is C54H33N3O. The van der Waals surface area contributed by atoms with Gasteiger partial charge in [-0.2, -0.15) is 0 Å². The topological polar surface area (TPSA) is 43.9 Å². The minimum atomic E-state index is 0.819. The zero-order valence-corrected chi connectivity index (χ0v) is 31.4. The fourth-order valence-electron chi connectivity index (χ4n) is 8.84. The zero-order chi connectivity index (χ0) is 38.2. The third-order valence-electron chi connectivity index (χ3n) is 11.7. The van der Waals surface area contributed by atoms with Gasteiger partial charge in [-0.3, -0.25) is 0 Å². The van der Waals surface area contributed by atoms with Crippen LogP contribution in [0.2, 0.25) is 0 Å². The first-order valence-electron chi connectivity index (χ1n) is 19.8. The van der Waals surface area contributed by atoms with E-state index in [1.807, 2.05) is 12.2 Å². The normalized spacial score (nSPS) is 13.8. The maximum Gasteiger partial charge on any atom is 0.159 e. The number of fused-ring (bicyclic) bond motifs is 9. The summed E-state index contributed by atoms with van der Waals surface area (Å²) in [5, 5.41) is 6.66. The highest BCUT2D eigenvalue weighted by Gasteiger charge is 2.20. The van der Waals surface area contributed by atoms with E-state index in [9.17, 15) is 0 Å². The van der Waals surface area contributed by atoms with Crippen molar-refractivity contribution in [3.05, 3.63) is 199 Å². The molecule has 0 radical (unpaired) electrons. The van der Waals surface area contributed by atoms with Crippen LogP contribution in [-0.4, -0.2) is 14.5 Å². The van der Waals surface area contributed by atoms with Gasteiger partial charge >= 0.3 is 0 Å². The Morgan fingerprint density at radius 1 is 0.552 bits per heavy atom. The van der Waals surface area contributed by atoms with Crippen molar-refractivity contribution in [1.82, 2.24) is 14.5 Å². The fourth-order valence-corrected chi connectivity index (χ4v) is 8.84. The van der Waals surface area contributed by atoms with Crippen molar-refractivity contribution in [2.24, 2.45) is 0 Å². The molecule has 0 amide bonds. The molecular weight excluding hydrogens is 707 g/mol. The van der Waals surface area contributed by atoms with Crippen LogP contribution in [0, 0.1) is 0 Å². The molecule has 0 atom stereocenters. The number of hydrogen-bond donors (Lipinski definition) is 0. The predicted molar refractivity (Wildman–Crippen MR) is 240 cm³/mol. The first-order chi connectivity index (χ1) is 28.7. The molecule has 0 saturated heterocycles. The molecule has 4 nitrogen and oxygen atoms in total. The summed E-state index contributed by atoms with van der Waals surface area (Å²) in [5.41, 5.74) is 21.6. The van der Waals surface area contributed by atoms with Gasteiger partial charge in [0.05, 0.1) is 39.1 Å². The van der Waals surface area contributed by atoms with Gasteiger partial charge in [0.25, 0.3) is 0 Å². The summed E-state index contributed by atoms with van der Waals surface area (Å²) >= 11 is 0. The van der Waals surface area contributed by atoms with Crippen LogP contribution in [0.4, 0.5) is 0 Å². The second kappa shape index (κ2) is 12.9. The van der Waals surface area contributed by atoms with Gasteiger partial charge in [-0.25, -0.2) is 9.97 Å². The van der Waals surface area contributed by atoms with Gasteiger partial charge in [-0.1, -0.05) is 127 Å².